The molecule has 36 heavy (non-hydrogen) atoms. The van der Waals surface area contributed by atoms with Gasteiger partial charge in [0.15, 0.2) is 0 Å². The molecule has 0 bridgehead atoms. The standard InChI is InChI=1S/C32H22N4/c33-20-22-13-15-23(16-14-22)24-7-6-10-26(19-24)36-31-12-5-4-11-27(31)28-17-18-30(29(21-34)32(28)36)35-25-8-2-1-3-9-25/h1-19,21,34-35H. The first kappa shape index (κ1) is 21.4. The summed E-state index contributed by atoms with van der Waals surface area (Å²) in [5.41, 5.74) is 8.55. The molecule has 4 nitrogen and oxygen atoms in total. The van der Waals surface area contributed by atoms with Gasteiger partial charge >= 0.3 is 0 Å². The van der Waals surface area contributed by atoms with Crippen molar-refractivity contribution in [3.05, 3.63) is 126 Å². The van der Waals surface area contributed by atoms with Gasteiger partial charge in [-0.05, 0) is 59.7 Å². The lowest BCUT2D eigenvalue weighted by atomic mass is 10.0. The van der Waals surface area contributed by atoms with Gasteiger partial charge in [-0.25, -0.2) is 0 Å². The first-order valence-electron chi connectivity index (χ1n) is 11.8. The van der Waals surface area contributed by atoms with Crippen LogP contribution in [0.3, 0.4) is 0 Å². The van der Waals surface area contributed by atoms with E-state index in [1.54, 1.807) is 0 Å². The van der Waals surface area contributed by atoms with Crippen molar-refractivity contribution in [2.75, 3.05) is 5.32 Å². The first-order chi connectivity index (χ1) is 17.8. The second kappa shape index (κ2) is 8.90. The number of hydrogen-bond acceptors (Lipinski definition) is 3. The third-order valence-corrected chi connectivity index (χ3v) is 6.52. The maximum absolute atomic E-state index is 9.16. The molecule has 170 valence electrons. The number of rotatable bonds is 5. The maximum Gasteiger partial charge on any atom is 0.0991 e. The van der Waals surface area contributed by atoms with Gasteiger partial charge in [0.25, 0.3) is 0 Å². The Hall–Kier alpha value is -5.14. The Bertz CT molecular complexity index is 1770. The zero-order valence-electron chi connectivity index (χ0n) is 19.4. The number of nitriles is 1. The number of anilines is 2. The molecule has 0 aliphatic heterocycles. The zero-order valence-corrected chi connectivity index (χ0v) is 19.4. The van der Waals surface area contributed by atoms with Gasteiger partial charge in [0.2, 0.25) is 0 Å². The van der Waals surface area contributed by atoms with Crippen molar-refractivity contribution in [2.45, 2.75) is 0 Å². The normalized spacial score (nSPS) is 10.9. The van der Waals surface area contributed by atoms with Crippen molar-refractivity contribution >= 4 is 39.4 Å². The van der Waals surface area contributed by atoms with Gasteiger partial charge < -0.3 is 15.3 Å². The number of para-hydroxylation sites is 2. The van der Waals surface area contributed by atoms with Crippen molar-refractivity contribution in [1.29, 1.82) is 10.7 Å². The molecule has 1 aromatic heterocycles. The minimum atomic E-state index is 0.645. The van der Waals surface area contributed by atoms with E-state index in [0.29, 0.717) is 5.56 Å². The molecule has 5 aromatic carbocycles. The quantitative estimate of drug-likeness (QED) is 0.254. The van der Waals surface area contributed by atoms with E-state index >= 15 is 0 Å². The van der Waals surface area contributed by atoms with Crippen LogP contribution in [-0.4, -0.2) is 10.8 Å². The van der Waals surface area contributed by atoms with Crippen LogP contribution in [0.15, 0.2) is 115 Å². The molecule has 4 heteroatoms. The summed E-state index contributed by atoms with van der Waals surface area (Å²) < 4.78 is 2.24. The molecular formula is C32H22N4. The highest BCUT2D eigenvalue weighted by molar-refractivity contribution is 6.16. The molecule has 0 amide bonds. The molecule has 0 spiro atoms. The van der Waals surface area contributed by atoms with Gasteiger partial charge in [-0.15, -0.1) is 0 Å². The number of benzene rings is 5. The van der Waals surface area contributed by atoms with Crippen LogP contribution < -0.4 is 5.32 Å². The predicted octanol–water partition coefficient (Wildman–Crippen LogP) is 8.06. The van der Waals surface area contributed by atoms with Gasteiger partial charge in [0.1, 0.15) is 0 Å². The van der Waals surface area contributed by atoms with E-state index in [9.17, 15) is 0 Å². The summed E-state index contributed by atoms with van der Waals surface area (Å²) in [6.07, 6.45) is 1.44. The van der Waals surface area contributed by atoms with Gasteiger partial charge in [-0.3, -0.25) is 0 Å². The topological polar surface area (TPSA) is 64.6 Å². The Labute approximate surface area is 209 Å². The molecule has 0 saturated carbocycles. The lowest BCUT2D eigenvalue weighted by molar-refractivity contribution is 1.18. The molecule has 1 heterocycles. The second-order valence-electron chi connectivity index (χ2n) is 8.65. The Morgan fingerprint density at radius 1 is 0.722 bits per heavy atom. The monoisotopic (exact) mass is 462 g/mol. The van der Waals surface area contributed by atoms with Gasteiger partial charge in [-0.2, -0.15) is 5.26 Å². The third kappa shape index (κ3) is 3.60. The largest absolute Gasteiger partial charge is 0.355 e. The van der Waals surface area contributed by atoms with Crippen molar-refractivity contribution in [2.24, 2.45) is 0 Å². The zero-order chi connectivity index (χ0) is 24.5. The Balaban J connectivity index is 1.59. The highest BCUT2D eigenvalue weighted by atomic mass is 15.0. The van der Waals surface area contributed by atoms with Crippen LogP contribution in [0, 0.1) is 16.7 Å². The summed E-state index contributed by atoms with van der Waals surface area (Å²) in [6, 6.07) is 40.8. The van der Waals surface area contributed by atoms with Crippen LogP contribution in [0.1, 0.15) is 11.1 Å². The fourth-order valence-electron chi connectivity index (χ4n) is 4.85. The minimum absolute atomic E-state index is 0.645. The molecule has 0 atom stereocenters. The summed E-state index contributed by atoms with van der Waals surface area (Å²) in [7, 11) is 0. The lowest BCUT2D eigenvalue weighted by Crippen LogP contribution is -2.01. The van der Waals surface area contributed by atoms with Crippen LogP contribution in [0.5, 0.6) is 0 Å². The molecule has 6 aromatic rings. The van der Waals surface area contributed by atoms with Crippen LogP contribution >= 0.6 is 0 Å². The average Bonchev–Trinajstić information content (AvgIpc) is 3.28. The minimum Gasteiger partial charge on any atom is -0.355 e. The molecule has 0 unspecified atom stereocenters. The van der Waals surface area contributed by atoms with Crippen LogP contribution in [-0.2, 0) is 0 Å². The van der Waals surface area contributed by atoms with Crippen LogP contribution in [0.25, 0.3) is 38.6 Å². The molecule has 0 fully saturated rings. The van der Waals surface area contributed by atoms with Crippen molar-refractivity contribution in [1.82, 2.24) is 4.57 Å². The summed E-state index contributed by atoms with van der Waals surface area (Å²) in [4.78, 5) is 0. The SMILES string of the molecule is N#Cc1ccc(-c2cccc(-n3c4ccccc4c4ccc(Nc5ccccc5)c(C=N)c43)c2)cc1. The summed E-state index contributed by atoms with van der Waals surface area (Å²) in [5, 5.41) is 23.3. The predicted molar refractivity (Wildman–Crippen MR) is 149 cm³/mol. The van der Waals surface area contributed by atoms with E-state index in [2.05, 4.69) is 76.6 Å². The highest BCUT2D eigenvalue weighted by Gasteiger charge is 2.17. The third-order valence-electron chi connectivity index (χ3n) is 6.52. The second-order valence-corrected chi connectivity index (χ2v) is 8.65. The van der Waals surface area contributed by atoms with E-state index in [1.165, 1.54) is 6.21 Å². The number of fused-ring (bicyclic) bond motifs is 3. The van der Waals surface area contributed by atoms with Gasteiger partial charge in [-0.1, -0.05) is 66.7 Å². The van der Waals surface area contributed by atoms with E-state index in [-0.39, 0.29) is 0 Å². The summed E-state index contributed by atoms with van der Waals surface area (Å²) in [6.45, 7) is 0. The number of hydrogen-bond donors (Lipinski definition) is 2. The molecule has 0 aliphatic carbocycles. The van der Waals surface area contributed by atoms with Crippen molar-refractivity contribution < 1.29 is 0 Å². The van der Waals surface area contributed by atoms with E-state index in [0.717, 1.165) is 55.6 Å². The van der Waals surface area contributed by atoms with E-state index < -0.39 is 0 Å². The van der Waals surface area contributed by atoms with Crippen LogP contribution in [0.4, 0.5) is 11.4 Å². The fourth-order valence-corrected chi connectivity index (χ4v) is 4.85. The molecule has 6 rings (SSSR count). The highest BCUT2D eigenvalue weighted by Crippen LogP contribution is 2.37. The average molecular weight is 463 g/mol. The van der Waals surface area contributed by atoms with Crippen molar-refractivity contribution in [3.8, 4) is 22.9 Å². The summed E-state index contributed by atoms with van der Waals surface area (Å²) in [5.74, 6) is 0. The number of aromatic nitrogens is 1. The summed E-state index contributed by atoms with van der Waals surface area (Å²) >= 11 is 0. The Morgan fingerprint density at radius 2 is 1.50 bits per heavy atom. The fraction of sp³-hybridized carbons (Fsp3) is 0. The molecule has 0 saturated heterocycles. The molecule has 0 radical (unpaired) electrons. The number of nitrogens with one attached hydrogen (secondary N) is 2. The van der Waals surface area contributed by atoms with Gasteiger partial charge in [0, 0.05) is 39.6 Å². The number of nitrogens with zero attached hydrogens (tertiary/aromatic N) is 2. The van der Waals surface area contributed by atoms with E-state index in [4.69, 9.17) is 10.7 Å². The maximum atomic E-state index is 9.16. The van der Waals surface area contributed by atoms with Gasteiger partial charge in [0.05, 0.1) is 22.7 Å². The molecule has 0 aliphatic rings. The Morgan fingerprint density at radius 3 is 2.28 bits per heavy atom. The molecule has 2 N–H and O–H groups in total. The van der Waals surface area contributed by atoms with Crippen molar-refractivity contribution in [3.63, 3.8) is 0 Å². The van der Waals surface area contributed by atoms with E-state index in [1.807, 2.05) is 54.6 Å². The Kier molecular flexibility index (Phi) is 5.29. The smallest absolute Gasteiger partial charge is 0.0991 e. The first-order valence-corrected chi connectivity index (χ1v) is 11.8. The van der Waals surface area contributed by atoms with Crippen LogP contribution in [0.2, 0.25) is 0 Å². The molecular weight excluding hydrogens is 440 g/mol. The lowest BCUT2D eigenvalue weighted by Gasteiger charge is -2.15.